The standard InChI is InChI=1S/C25H22ClN5O3.ClH/c1-15-28-20(13-31(15)12-17-4-2-16(11-27)3-5-17)8-6-18-14-34-22-10-19(26)7-9-21(22)25(18)23(32)29-24(33)30-25;/h2-5,7,9-10,13,18H,6,8,12,14H2,1H3,(H2,29,30,32,33);1H. The zero-order valence-corrected chi connectivity index (χ0v) is 20.4. The summed E-state index contributed by atoms with van der Waals surface area (Å²) in [5.41, 5.74) is 2.01. The van der Waals surface area contributed by atoms with Crippen molar-refractivity contribution in [2.45, 2.75) is 31.8 Å². The Bertz CT molecular complexity index is 1330. The van der Waals surface area contributed by atoms with Gasteiger partial charge in [-0.3, -0.25) is 10.1 Å². The Morgan fingerprint density at radius 1 is 1.26 bits per heavy atom. The summed E-state index contributed by atoms with van der Waals surface area (Å²) in [6.07, 6.45) is 3.21. The number of nitriles is 1. The average molecular weight is 512 g/mol. The second-order valence-electron chi connectivity index (χ2n) is 8.62. The van der Waals surface area contributed by atoms with Crippen LogP contribution in [-0.2, 0) is 23.3 Å². The highest BCUT2D eigenvalue weighted by molar-refractivity contribution is 6.30. The summed E-state index contributed by atoms with van der Waals surface area (Å²) >= 11 is 6.11. The first-order chi connectivity index (χ1) is 16.4. The zero-order chi connectivity index (χ0) is 23.9. The molecule has 2 aliphatic heterocycles. The molecule has 2 atom stereocenters. The molecule has 2 aromatic carbocycles. The van der Waals surface area contributed by atoms with Crippen molar-refractivity contribution < 1.29 is 14.3 Å². The Morgan fingerprint density at radius 3 is 2.71 bits per heavy atom. The summed E-state index contributed by atoms with van der Waals surface area (Å²) in [5.74, 6) is 0.720. The summed E-state index contributed by atoms with van der Waals surface area (Å²) in [6, 6.07) is 14.2. The van der Waals surface area contributed by atoms with Crippen molar-refractivity contribution in [3.8, 4) is 11.8 Å². The lowest BCUT2D eigenvalue weighted by molar-refractivity contribution is -0.127. The van der Waals surface area contributed by atoms with Crippen LogP contribution in [0.2, 0.25) is 5.02 Å². The van der Waals surface area contributed by atoms with Gasteiger partial charge in [0.1, 0.15) is 11.6 Å². The number of imide groups is 1. The molecule has 3 heterocycles. The van der Waals surface area contributed by atoms with E-state index in [0.29, 0.717) is 41.3 Å². The van der Waals surface area contributed by atoms with Crippen molar-refractivity contribution in [1.82, 2.24) is 20.2 Å². The van der Waals surface area contributed by atoms with E-state index in [4.69, 9.17) is 26.6 Å². The molecule has 35 heavy (non-hydrogen) atoms. The molecule has 2 N–H and O–H groups in total. The quantitative estimate of drug-likeness (QED) is 0.505. The molecule has 2 aliphatic rings. The number of carbonyl (C=O) groups excluding carboxylic acids is 2. The smallest absolute Gasteiger partial charge is 0.322 e. The molecule has 1 fully saturated rings. The Kier molecular flexibility index (Phi) is 6.75. The molecule has 5 rings (SSSR count). The molecule has 1 aromatic heterocycles. The van der Waals surface area contributed by atoms with E-state index in [-0.39, 0.29) is 30.8 Å². The van der Waals surface area contributed by atoms with E-state index in [0.717, 1.165) is 17.1 Å². The van der Waals surface area contributed by atoms with Crippen molar-refractivity contribution in [3.63, 3.8) is 0 Å². The predicted octanol–water partition coefficient (Wildman–Crippen LogP) is 3.86. The number of imidazole rings is 1. The molecule has 10 heteroatoms. The van der Waals surface area contributed by atoms with E-state index < -0.39 is 11.6 Å². The second-order valence-corrected chi connectivity index (χ2v) is 9.06. The van der Waals surface area contributed by atoms with E-state index >= 15 is 0 Å². The fraction of sp³-hybridized carbons (Fsp3) is 0.280. The molecule has 0 aliphatic carbocycles. The second kappa shape index (κ2) is 9.61. The monoisotopic (exact) mass is 511 g/mol. The molecule has 1 spiro atoms. The molecular formula is C25H23Cl2N5O3. The fourth-order valence-corrected chi connectivity index (χ4v) is 4.94. The first-order valence-electron chi connectivity index (χ1n) is 11.0. The minimum atomic E-state index is -1.20. The van der Waals surface area contributed by atoms with Crippen LogP contribution in [-0.4, -0.2) is 28.1 Å². The molecule has 8 nitrogen and oxygen atoms in total. The topological polar surface area (TPSA) is 109 Å². The van der Waals surface area contributed by atoms with Crippen LogP contribution in [0.5, 0.6) is 5.75 Å². The van der Waals surface area contributed by atoms with E-state index in [2.05, 4.69) is 21.3 Å². The van der Waals surface area contributed by atoms with Crippen molar-refractivity contribution in [3.05, 3.63) is 81.9 Å². The van der Waals surface area contributed by atoms with Gasteiger partial charge < -0.3 is 14.6 Å². The van der Waals surface area contributed by atoms with Gasteiger partial charge in [-0.05, 0) is 49.6 Å². The third-order valence-electron chi connectivity index (χ3n) is 6.53. The Balaban J connectivity index is 0.00000289. The number of nitrogens with zero attached hydrogens (tertiary/aromatic N) is 3. The SMILES string of the molecule is Cc1nc(CCC2COc3cc(Cl)ccc3C23NC(=O)NC3=O)cn1Cc1ccc(C#N)cc1.Cl. The summed E-state index contributed by atoms with van der Waals surface area (Å²) in [4.78, 5) is 29.9. The highest BCUT2D eigenvalue weighted by atomic mass is 35.5. The van der Waals surface area contributed by atoms with Gasteiger partial charge in [-0.1, -0.05) is 29.8 Å². The maximum absolute atomic E-state index is 13.0. The third-order valence-corrected chi connectivity index (χ3v) is 6.76. The number of fused-ring (bicyclic) bond motifs is 2. The molecular weight excluding hydrogens is 489 g/mol. The molecule has 3 aromatic rings. The number of amides is 3. The van der Waals surface area contributed by atoms with Crippen LogP contribution in [0.1, 0.15) is 34.6 Å². The normalized spacial score (nSPS) is 20.3. The Labute approximate surface area is 213 Å². The molecule has 0 saturated carbocycles. The lowest BCUT2D eigenvalue weighted by Gasteiger charge is -2.40. The first kappa shape index (κ1) is 24.6. The lowest BCUT2D eigenvalue weighted by Crippen LogP contribution is -2.54. The Hall–Kier alpha value is -3.54. The van der Waals surface area contributed by atoms with Crippen LogP contribution >= 0.6 is 24.0 Å². The number of nitrogens with one attached hydrogen (secondary N) is 2. The van der Waals surface area contributed by atoms with Gasteiger partial charge in [0.2, 0.25) is 0 Å². The van der Waals surface area contributed by atoms with E-state index in [1.807, 2.05) is 25.3 Å². The van der Waals surface area contributed by atoms with E-state index in [1.165, 1.54) is 0 Å². The number of rotatable bonds is 5. The van der Waals surface area contributed by atoms with Gasteiger partial charge in [-0.25, -0.2) is 9.78 Å². The number of carbonyl (C=O) groups is 2. The van der Waals surface area contributed by atoms with Gasteiger partial charge in [-0.2, -0.15) is 5.26 Å². The first-order valence-corrected chi connectivity index (χ1v) is 11.3. The van der Waals surface area contributed by atoms with E-state index in [1.54, 1.807) is 30.3 Å². The maximum atomic E-state index is 13.0. The predicted molar refractivity (Wildman–Crippen MR) is 132 cm³/mol. The number of aromatic nitrogens is 2. The lowest BCUT2D eigenvalue weighted by atomic mass is 9.74. The number of benzene rings is 2. The highest BCUT2D eigenvalue weighted by Gasteiger charge is 2.56. The van der Waals surface area contributed by atoms with Gasteiger partial charge in [0.15, 0.2) is 5.54 Å². The molecule has 2 unspecified atom stereocenters. The van der Waals surface area contributed by atoms with Gasteiger partial charge in [-0.15, -0.1) is 12.4 Å². The van der Waals surface area contributed by atoms with Crippen LogP contribution in [0.3, 0.4) is 0 Å². The Morgan fingerprint density at radius 2 is 2.03 bits per heavy atom. The van der Waals surface area contributed by atoms with Crippen LogP contribution in [0, 0.1) is 24.2 Å². The third kappa shape index (κ3) is 4.45. The highest BCUT2D eigenvalue weighted by Crippen LogP contribution is 2.45. The number of ether oxygens (including phenoxy) is 1. The minimum absolute atomic E-state index is 0. The minimum Gasteiger partial charge on any atom is -0.493 e. The van der Waals surface area contributed by atoms with Crippen molar-refractivity contribution in [2.75, 3.05) is 6.61 Å². The van der Waals surface area contributed by atoms with Crippen molar-refractivity contribution in [1.29, 1.82) is 5.26 Å². The average Bonchev–Trinajstić information content (AvgIpc) is 3.32. The molecule has 1 saturated heterocycles. The summed E-state index contributed by atoms with van der Waals surface area (Å²) < 4.78 is 8.00. The molecule has 0 radical (unpaired) electrons. The van der Waals surface area contributed by atoms with Crippen molar-refractivity contribution >= 4 is 35.9 Å². The number of urea groups is 1. The van der Waals surface area contributed by atoms with Gasteiger partial charge >= 0.3 is 6.03 Å². The van der Waals surface area contributed by atoms with Crippen LogP contribution < -0.4 is 15.4 Å². The van der Waals surface area contributed by atoms with Gasteiger partial charge in [0.05, 0.1) is 23.9 Å². The maximum Gasteiger partial charge on any atom is 0.322 e. The van der Waals surface area contributed by atoms with Gasteiger partial charge in [0, 0.05) is 29.2 Å². The number of aryl methyl sites for hydroxylation is 2. The number of hydrogen-bond acceptors (Lipinski definition) is 5. The molecule has 0 bridgehead atoms. The van der Waals surface area contributed by atoms with E-state index in [9.17, 15) is 9.59 Å². The van der Waals surface area contributed by atoms with Gasteiger partial charge in [0.25, 0.3) is 5.91 Å². The summed E-state index contributed by atoms with van der Waals surface area (Å²) in [7, 11) is 0. The molecule has 3 amide bonds. The summed E-state index contributed by atoms with van der Waals surface area (Å²) in [6.45, 7) is 2.86. The largest absolute Gasteiger partial charge is 0.493 e. The number of halogens is 2. The zero-order valence-electron chi connectivity index (χ0n) is 18.9. The van der Waals surface area contributed by atoms with Crippen LogP contribution in [0.4, 0.5) is 4.79 Å². The van der Waals surface area contributed by atoms with Crippen LogP contribution in [0.25, 0.3) is 0 Å². The van der Waals surface area contributed by atoms with Crippen molar-refractivity contribution in [2.24, 2.45) is 5.92 Å². The molecule has 180 valence electrons. The number of hydrogen-bond donors (Lipinski definition) is 2. The van der Waals surface area contributed by atoms with Crippen LogP contribution in [0.15, 0.2) is 48.7 Å². The fourth-order valence-electron chi connectivity index (χ4n) is 4.78. The summed E-state index contributed by atoms with van der Waals surface area (Å²) in [5, 5.41) is 14.7.